The van der Waals surface area contributed by atoms with E-state index in [0.29, 0.717) is 27.8 Å². The zero-order valence-electron chi connectivity index (χ0n) is 18.5. The van der Waals surface area contributed by atoms with E-state index in [1.807, 2.05) is 0 Å². The van der Waals surface area contributed by atoms with Crippen molar-refractivity contribution in [2.24, 2.45) is 0 Å². The van der Waals surface area contributed by atoms with Crippen LogP contribution in [-0.2, 0) is 19.1 Å². The molecule has 3 rings (SSSR count). The summed E-state index contributed by atoms with van der Waals surface area (Å²) in [7, 11) is 0. The average molecular weight is 426 g/mol. The van der Waals surface area contributed by atoms with E-state index < -0.39 is 35.4 Å². The second-order valence-corrected chi connectivity index (χ2v) is 7.95. The van der Waals surface area contributed by atoms with Crippen molar-refractivity contribution in [2.75, 3.05) is 0 Å². The second-order valence-electron chi connectivity index (χ2n) is 7.95. The van der Waals surface area contributed by atoms with Crippen molar-refractivity contribution >= 4 is 22.9 Å². The molecule has 164 valence electrons. The van der Waals surface area contributed by atoms with Gasteiger partial charge in [-0.25, -0.2) is 14.4 Å². The molecule has 1 aliphatic rings. The molecule has 1 aromatic carbocycles. The number of ether oxygens (including phenoxy) is 3. The number of benzene rings is 1. The van der Waals surface area contributed by atoms with E-state index in [4.69, 9.17) is 18.6 Å². The lowest BCUT2D eigenvalue weighted by Crippen LogP contribution is -2.52. The number of fused-ring (bicyclic) bond motifs is 3. The van der Waals surface area contributed by atoms with Gasteiger partial charge in [0.1, 0.15) is 16.9 Å². The first-order valence-electron chi connectivity index (χ1n) is 10.0. The fraction of sp³-hybridized carbons (Fsp3) is 0.375. The van der Waals surface area contributed by atoms with E-state index in [2.05, 4.69) is 0 Å². The van der Waals surface area contributed by atoms with E-state index in [-0.39, 0.29) is 5.58 Å². The average Bonchev–Trinajstić information content (AvgIpc) is 2.73. The van der Waals surface area contributed by atoms with E-state index in [1.54, 1.807) is 71.9 Å². The zero-order valence-corrected chi connectivity index (χ0v) is 18.5. The molecule has 0 saturated heterocycles. The normalized spacial score (nSPS) is 20.6. The minimum Gasteiger partial charge on any atom is -0.483 e. The summed E-state index contributed by atoms with van der Waals surface area (Å²) in [6.07, 6.45) is 1.21. The number of hydrogen-bond donors (Lipinski definition) is 0. The van der Waals surface area contributed by atoms with Crippen LogP contribution in [0.15, 0.2) is 56.8 Å². The summed E-state index contributed by atoms with van der Waals surface area (Å²) in [4.78, 5) is 37.3. The number of rotatable bonds is 4. The monoisotopic (exact) mass is 426 g/mol. The summed E-state index contributed by atoms with van der Waals surface area (Å²) >= 11 is 0. The van der Waals surface area contributed by atoms with Crippen LogP contribution in [0.5, 0.6) is 5.75 Å². The summed E-state index contributed by atoms with van der Waals surface area (Å²) < 4.78 is 23.2. The third kappa shape index (κ3) is 4.26. The van der Waals surface area contributed by atoms with Crippen LogP contribution in [0.4, 0.5) is 0 Å². The highest BCUT2D eigenvalue weighted by atomic mass is 16.6. The number of carbonyl (C=O) groups is 2. The van der Waals surface area contributed by atoms with Gasteiger partial charge in [0.2, 0.25) is 0 Å². The molecule has 0 fully saturated rings. The van der Waals surface area contributed by atoms with Gasteiger partial charge < -0.3 is 18.6 Å². The van der Waals surface area contributed by atoms with E-state index >= 15 is 0 Å². The predicted octanol–water partition coefficient (Wildman–Crippen LogP) is 4.39. The highest BCUT2D eigenvalue weighted by Gasteiger charge is 2.50. The summed E-state index contributed by atoms with van der Waals surface area (Å²) in [5.41, 5.74) is -0.224. The van der Waals surface area contributed by atoms with Crippen LogP contribution in [0.2, 0.25) is 0 Å². The van der Waals surface area contributed by atoms with Crippen LogP contribution in [0.3, 0.4) is 0 Å². The van der Waals surface area contributed by atoms with Gasteiger partial charge in [0.05, 0.1) is 5.56 Å². The van der Waals surface area contributed by atoms with Gasteiger partial charge in [-0.1, -0.05) is 12.2 Å². The van der Waals surface area contributed by atoms with Crippen molar-refractivity contribution in [3.05, 3.63) is 63.5 Å². The molecule has 0 N–H and O–H groups in total. The lowest BCUT2D eigenvalue weighted by molar-refractivity contribution is -0.185. The number of carbonyl (C=O) groups excluding carboxylic acids is 2. The Bertz CT molecular complexity index is 1150. The molecule has 0 spiro atoms. The molecular weight excluding hydrogens is 400 g/mol. The van der Waals surface area contributed by atoms with Crippen LogP contribution in [0, 0.1) is 0 Å². The number of esters is 2. The van der Waals surface area contributed by atoms with Crippen LogP contribution >= 0.6 is 0 Å². The van der Waals surface area contributed by atoms with Gasteiger partial charge in [-0.05, 0) is 59.7 Å². The lowest BCUT2D eigenvalue weighted by atomic mass is 9.87. The van der Waals surface area contributed by atoms with Crippen LogP contribution < -0.4 is 10.4 Å². The molecule has 1 aromatic heterocycles. The first-order chi connectivity index (χ1) is 14.6. The van der Waals surface area contributed by atoms with Gasteiger partial charge in [0.15, 0.2) is 12.2 Å². The van der Waals surface area contributed by atoms with Crippen molar-refractivity contribution in [1.82, 2.24) is 0 Å². The standard InChI is InChI=1S/C24H26O7/c1-7-13(3)22(26)29-20-18-16(11-9-15-10-12-17(25)28-19(15)18)31-24(5,6)21(20)30-23(27)14(4)8-2/h7-12,20-21H,1-6H3/b13-7-,14-8-. The maximum atomic E-state index is 12.7. The smallest absolute Gasteiger partial charge is 0.336 e. The molecule has 7 nitrogen and oxygen atoms in total. The van der Waals surface area contributed by atoms with E-state index in [9.17, 15) is 14.4 Å². The third-order valence-corrected chi connectivity index (χ3v) is 5.38. The van der Waals surface area contributed by atoms with Crippen LogP contribution in [0.25, 0.3) is 11.0 Å². The van der Waals surface area contributed by atoms with Crippen molar-refractivity contribution in [2.45, 2.75) is 59.4 Å². The van der Waals surface area contributed by atoms with Crippen molar-refractivity contribution in [3.63, 3.8) is 0 Å². The first kappa shape index (κ1) is 22.3. The topological polar surface area (TPSA) is 92.0 Å². The quantitative estimate of drug-likeness (QED) is 0.407. The Hall–Kier alpha value is -3.35. The largest absolute Gasteiger partial charge is 0.483 e. The van der Waals surface area contributed by atoms with E-state index in [1.165, 1.54) is 6.07 Å². The fourth-order valence-electron chi connectivity index (χ4n) is 3.33. The zero-order chi connectivity index (χ0) is 22.9. The molecule has 1 aliphatic heterocycles. The molecule has 7 heteroatoms. The Labute approximate surface area is 180 Å². The third-order valence-electron chi connectivity index (χ3n) is 5.38. The Kier molecular flexibility index (Phi) is 6.06. The molecular formula is C24H26O7. The minimum absolute atomic E-state index is 0.222. The number of allylic oxidation sites excluding steroid dienone is 2. The molecule has 2 aromatic rings. The fourth-order valence-corrected chi connectivity index (χ4v) is 3.33. The van der Waals surface area contributed by atoms with Gasteiger partial charge in [-0.2, -0.15) is 0 Å². The maximum Gasteiger partial charge on any atom is 0.336 e. The van der Waals surface area contributed by atoms with Gasteiger partial charge >= 0.3 is 17.6 Å². The lowest BCUT2D eigenvalue weighted by Gasteiger charge is -2.43. The second kappa shape index (κ2) is 8.41. The van der Waals surface area contributed by atoms with Gasteiger partial charge in [-0.15, -0.1) is 0 Å². The molecule has 0 radical (unpaired) electrons. The first-order valence-corrected chi connectivity index (χ1v) is 10.0. The highest BCUT2D eigenvalue weighted by molar-refractivity contribution is 5.90. The molecule has 2 atom stereocenters. The Morgan fingerprint density at radius 1 is 0.968 bits per heavy atom. The van der Waals surface area contributed by atoms with Crippen molar-refractivity contribution in [1.29, 1.82) is 0 Å². The highest BCUT2D eigenvalue weighted by Crippen LogP contribution is 2.46. The molecule has 0 aliphatic carbocycles. The molecule has 31 heavy (non-hydrogen) atoms. The molecule has 0 bridgehead atoms. The summed E-state index contributed by atoms with van der Waals surface area (Å²) in [6.45, 7) is 10.2. The molecule has 0 amide bonds. The Morgan fingerprint density at radius 2 is 1.55 bits per heavy atom. The van der Waals surface area contributed by atoms with E-state index in [0.717, 1.165) is 0 Å². The molecule has 2 heterocycles. The summed E-state index contributed by atoms with van der Waals surface area (Å²) in [5, 5.41) is 0.625. The van der Waals surface area contributed by atoms with Gasteiger partial charge in [-0.3, -0.25) is 0 Å². The number of hydrogen-bond acceptors (Lipinski definition) is 7. The SMILES string of the molecule is C/C=C(/C)C(=O)OC1c2c(ccc3ccc(=O)oc23)OC(C)(C)C1OC(=O)/C(C)=C\C. The predicted molar refractivity (Wildman–Crippen MR) is 115 cm³/mol. The molecule has 0 saturated carbocycles. The van der Waals surface area contributed by atoms with Crippen molar-refractivity contribution < 1.29 is 28.2 Å². The van der Waals surface area contributed by atoms with Crippen LogP contribution in [-0.4, -0.2) is 23.6 Å². The Balaban J connectivity index is 2.23. The minimum atomic E-state index is -1.05. The van der Waals surface area contributed by atoms with Crippen molar-refractivity contribution in [3.8, 4) is 5.75 Å². The van der Waals surface area contributed by atoms with Gasteiger partial charge in [0, 0.05) is 22.6 Å². The van der Waals surface area contributed by atoms with Gasteiger partial charge in [0.25, 0.3) is 0 Å². The maximum absolute atomic E-state index is 12.7. The Morgan fingerprint density at radius 3 is 2.16 bits per heavy atom. The molecule has 2 unspecified atom stereocenters. The van der Waals surface area contributed by atoms with Crippen LogP contribution in [0.1, 0.15) is 53.2 Å². The summed E-state index contributed by atoms with van der Waals surface area (Å²) in [5.74, 6) is -0.744. The summed E-state index contributed by atoms with van der Waals surface area (Å²) in [6, 6.07) is 6.39.